The van der Waals surface area contributed by atoms with Crippen LogP contribution in [0.2, 0.25) is 0 Å². The summed E-state index contributed by atoms with van der Waals surface area (Å²) in [6, 6.07) is 65.4. The Morgan fingerprint density at radius 2 is 0.887 bits per heavy atom. The quantitative estimate of drug-likeness (QED) is 0.175. The van der Waals surface area contributed by atoms with Gasteiger partial charge >= 0.3 is 0 Å². The van der Waals surface area contributed by atoms with E-state index in [1.54, 1.807) is 0 Å². The van der Waals surface area contributed by atoms with E-state index in [1.165, 1.54) is 77.5 Å². The molecule has 0 unspecified atom stereocenters. The van der Waals surface area contributed by atoms with E-state index in [9.17, 15) is 0 Å². The molecule has 2 aliphatic carbocycles. The molecular formula is C52H41N. The third-order valence-electron chi connectivity index (χ3n) is 12.1. The Hall–Kier alpha value is -6.18. The smallest absolute Gasteiger partial charge is 0.0546 e. The Morgan fingerprint density at radius 3 is 1.60 bits per heavy atom. The Kier molecular flexibility index (Phi) is 6.94. The lowest BCUT2D eigenvalue weighted by Gasteiger charge is -2.31. The van der Waals surface area contributed by atoms with Crippen molar-refractivity contribution < 1.29 is 0 Å². The topological polar surface area (TPSA) is 3.24 Å². The minimum Gasteiger partial charge on any atom is -0.310 e. The lowest BCUT2D eigenvalue weighted by atomic mass is 9.81. The third kappa shape index (κ3) is 4.77. The second-order valence-corrected chi connectivity index (χ2v) is 15.8. The van der Waals surface area contributed by atoms with Gasteiger partial charge in [-0.1, -0.05) is 161 Å². The maximum absolute atomic E-state index is 2.48. The van der Waals surface area contributed by atoms with Gasteiger partial charge in [0.15, 0.2) is 0 Å². The fourth-order valence-electron chi connectivity index (χ4n) is 9.32. The number of hydrogen-bond donors (Lipinski definition) is 0. The first kappa shape index (κ1) is 31.5. The van der Waals surface area contributed by atoms with Crippen molar-refractivity contribution in [3.05, 3.63) is 198 Å². The second kappa shape index (κ2) is 11.7. The summed E-state index contributed by atoms with van der Waals surface area (Å²) in [7, 11) is 0. The van der Waals surface area contributed by atoms with Gasteiger partial charge < -0.3 is 4.90 Å². The lowest BCUT2D eigenvalue weighted by Crippen LogP contribution is -2.17. The Morgan fingerprint density at radius 1 is 0.340 bits per heavy atom. The van der Waals surface area contributed by atoms with Gasteiger partial charge in [0.25, 0.3) is 0 Å². The monoisotopic (exact) mass is 679 g/mol. The maximum Gasteiger partial charge on any atom is 0.0546 e. The van der Waals surface area contributed by atoms with E-state index in [-0.39, 0.29) is 10.8 Å². The van der Waals surface area contributed by atoms with Crippen LogP contribution in [0.4, 0.5) is 17.1 Å². The van der Waals surface area contributed by atoms with Crippen LogP contribution < -0.4 is 4.90 Å². The predicted octanol–water partition coefficient (Wildman–Crippen LogP) is 14.3. The van der Waals surface area contributed by atoms with E-state index in [0.717, 1.165) is 17.1 Å². The van der Waals surface area contributed by atoms with Gasteiger partial charge in [-0.2, -0.15) is 0 Å². The highest BCUT2D eigenvalue weighted by Gasteiger charge is 2.37. The number of anilines is 3. The van der Waals surface area contributed by atoms with E-state index in [0.29, 0.717) is 0 Å². The van der Waals surface area contributed by atoms with Crippen molar-refractivity contribution in [2.45, 2.75) is 38.5 Å². The standard InChI is InChI=1S/C52H41N/c1-51(2)45-22-12-10-19-41(45)43-29-27-37(32-47(43)51)50-40(36-26-25-34-15-8-9-16-35(34)31-36)21-14-24-49(50)53(38-17-6-5-7-18-38)39-28-30-44-42-20-11-13-23-46(42)52(3,4)48(44)33-39/h5-33H,1-4H3. The number of para-hydroxylation sites is 1. The van der Waals surface area contributed by atoms with Crippen LogP contribution in [0.5, 0.6) is 0 Å². The number of hydrogen-bond acceptors (Lipinski definition) is 1. The van der Waals surface area contributed by atoms with Crippen LogP contribution >= 0.6 is 0 Å². The SMILES string of the molecule is CC1(C)c2ccccc2-c2ccc(-c3c(-c4ccc5ccccc5c4)cccc3N(c3ccccc3)c3ccc4c(c3)C(C)(C)c3ccccc3-4)cc21. The minimum absolute atomic E-state index is 0.110. The summed E-state index contributed by atoms with van der Waals surface area (Å²) in [5, 5.41) is 2.49. The van der Waals surface area contributed by atoms with E-state index in [1.807, 2.05) is 0 Å². The first-order valence-electron chi connectivity index (χ1n) is 18.8. The van der Waals surface area contributed by atoms with Crippen molar-refractivity contribution in [3.63, 3.8) is 0 Å². The first-order valence-corrected chi connectivity index (χ1v) is 18.8. The molecule has 0 heterocycles. The molecule has 8 aromatic carbocycles. The molecule has 0 N–H and O–H groups in total. The van der Waals surface area contributed by atoms with Crippen molar-refractivity contribution in [3.8, 4) is 44.5 Å². The molecule has 0 spiro atoms. The molecule has 8 aromatic rings. The molecule has 254 valence electrons. The Balaban J connectivity index is 1.24. The molecule has 0 aromatic heterocycles. The van der Waals surface area contributed by atoms with Gasteiger partial charge in [0.05, 0.1) is 5.69 Å². The van der Waals surface area contributed by atoms with Gasteiger partial charge in [-0.25, -0.2) is 0 Å². The lowest BCUT2D eigenvalue weighted by molar-refractivity contribution is 0.660. The van der Waals surface area contributed by atoms with Crippen LogP contribution in [0, 0.1) is 0 Å². The van der Waals surface area contributed by atoms with Crippen LogP contribution in [0.3, 0.4) is 0 Å². The number of rotatable bonds is 5. The molecule has 0 saturated carbocycles. The van der Waals surface area contributed by atoms with Crippen LogP contribution in [0.15, 0.2) is 176 Å². The molecular weight excluding hydrogens is 639 g/mol. The van der Waals surface area contributed by atoms with Gasteiger partial charge in [0.1, 0.15) is 0 Å². The highest BCUT2D eigenvalue weighted by Crippen LogP contribution is 2.54. The van der Waals surface area contributed by atoms with E-state index in [4.69, 9.17) is 0 Å². The molecule has 0 fully saturated rings. The van der Waals surface area contributed by atoms with Crippen molar-refractivity contribution in [1.29, 1.82) is 0 Å². The van der Waals surface area contributed by atoms with Crippen LogP contribution in [-0.4, -0.2) is 0 Å². The van der Waals surface area contributed by atoms with Gasteiger partial charge in [-0.05, 0) is 114 Å². The summed E-state index contributed by atoms with van der Waals surface area (Å²) in [4.78, 5) is 2.48. The molecule has 0 aliphatic heterocycles. The summed E-state index contributed by atoms with van der Waals surface area (Å²) in [6.45, 7) is 9.48. The Labute approximate surface area is 312 Å². The zero-order chi connectivity index (χ0) is 35.9. The van der Waals surface area contributed by atoms with Crippen LogP contribution in [0.1, 0.15) is 49.9 Å². The average molecular weight is 680 g/mol. The summed E-state index contributed by atoms with van der Waals surface area (Å²) in [5.41, 5.74) is 19.0. The molecule has 53 heavy (non-hydrogen) atoms. The average Bonchev–Trinajstić information content (AvgIpc) is 3.57. The maximum atomic E-state index is 2.48. The van der Waals surface area contributed by atoms with Crippen LogP contribution in [-0.2, 0) is 10.8 Å². The highest BCUT2D eigenvalue weighted by molar-refractivity contribution is 6.00. The predicted molar refractivity (Wildman–Crippen MR) is 225 cm³/mol. The summed E-state index contributed by atoms with van der Waals surface area (Å²) in [5.74, 6) is 0. The van der Waals surface area contributed by atoms with Crippen LogP contribution in [0.25, 0.3) is 55.3 Å². The molecule has 0 bridgehead atoms. The number of nitrogens with zero attached hydrogens (tertiary/aromatic N) is 1. The number of fused-ring (bicyclic) bond motifs is 7. The molecule has 0 amide bonds. The zero-order valence-corrected chi connectivity index (χ0v) is 30.7. The molecule has 1 nitrogen and oxygen atoms in total. The first-order chi connectivity index (χ1) is 25.8. The van der Waals surface area contributed by atoms with E-state index < -0.39 is 0 Å². The molecule has 10 rings (SSSR count). The zero-order valence-electron chi connectivity index (χ0n) is 30.7. The third-order valence-corrected chi connectivity index (χ3v) is 12.1. The fraction of sp³-hybridized carbons (Fsp3) is 0.115. The van der Waals surface area contributed by atoms with Crippen molar-refractivity contribution >= 4 is 27.8 Å². The minimum atomic E-state index is -0.111. The largest absolute Gasteiger partial charge is 0.310 e. The molecule has 0 atom stereocenters. The molecule has 1 heteroatoms. The van der Waals surface area contributed by atoms with Crippen molar-refractivity contribution in [2.75, 3.05) is 4.90 Å². The highest BCUT2D eigenvalue weighted by atomic mass is 15.1. The van der Waals surface area contributed by atoms with Gasteiger partial charge in [0, 0.05) is 27.8 Å². The Bertz CT molecular complexity index is 2730. The second-order valence-electron chi connectivity index (χ2n) is 15.8. The van der Waals surface area contributed by atoms with Crippen molar-refractivity contribution in [1.82, 2.24) is 0 Å². The molecule has 0 radical (unpaired) electrons. The number of benzene rings is 8. The van der Waals surface area contributed by atoms with Gasteiger partial charge in [-0.15, -0.1) is 0 Å². The summed E-state index contributed by atoms with van der Waals surface area (Å²) in [6.07, 6.45) is 0. The fourth-order valence-corrected chi connectivity index (χ4v) is 9.32. The summed E-state index contributed by atoms with van der Waals surface area (Å²) >= 11 is 0. The van der Waals surface area contributed by atoms with Gasteiger partial charge in [0.2, 0.25) is 0 Å². The van der Waals surface area contributed by atoms with E-state index in [2.05, 4.69) is 209 Å². The van der Waals surface area contributed by atoms with Crippen molar-refractivity contribution in [2.24, 2.45) is 0 Å². The van der Waals surface area contributed by atoms with E-state index >= 15 is 0 Å². The molecule has 0 saturated heterocycles. The molecule has 2 aliphatic rings. The summed E-state index contributed by atoms with van der Waals surface area (Å²) < 4.78 is 0. The van der Waals surface area contributed by atoms with Gasteiger partial charge in [-0.3, -0.25) is 0 Å². The normalized spacial score (nSPS) is 14.3.